The quantitative estimate of drug-likeness (QED) is 0.497. The van der Waals surface area contributed by atoms with Crippen LogP contribution >= 0.6 is 0 Å². The van der Waals surface area contributed by atoms with Gasteiger partial charge in [-0.2, -0.15) is 0 Å². The Morgan fingerprint density at radius 1 is 1.33 bits per heavy atom. The summed E-state index contributed by atoms with van der Waals surface area (Å²) in [6.07, 6.45) is 3.20. The molecule has 1 aliphatic carbocycles. The van der Waals surface area contributed by atoms with Crippen LogP contribution < -0.4 is 0 Å². The van der Waals surface area contributed by atoms with Crippen LogP contribution in [-0.4, -0.2) is 74.9 Å². The third kappa shape index (κ3) is 4.11. The standard InChI is InChI=1S/C4H9BO3.K.H/c6-5(7)8-4-2-1-3-4;;/h4,6-7H,1-3H2;;. The summed E-state index contributed by atoms with van der Waals surface area (Å²) in [5.41, 5.74) is 0. The van der Waals surface area contributed by atoms with Crippen LogP contribution in [0.25, 0.3) is 0 Å². The molecule has 1 fully saturated rings. The summed E-state index contributed by atoms with van der Waals surface area (Å²) < 4.78 is 4.60. The molecule has 0 radical (unpaired) electrons. The maximum atomic E-state index is 8.22. The molecule has 0 amide bonds. The molecule has 0 aromatic heterocycles. The Hall–Kier alpha value is 1.58. The SMILES string of the molecule is OB(O)OC1CCC1.[KH]. The van der Waals surface area contributed by atoms with Crippen LogP contribution in [-0.2, 0) is 4.65 Å². The van der Waals surface area contributed by atoms with E-state index in [0.29, 0.717) is 0 Å². The van der Waals surface area contributed by atoms with Gasteiger partial charge in [-0.25, -0.2) is 0 Å². The molecule has 48 valence electrons. The van der Waals surface area contributed by atoms with Crippen LogP contribution in [0.2, 0.25) is 0 Å². The van der Waals surface area contributed by atoms with E-state index in [1.165, 1.54) is 0 Å². The van der Waals surface area contributed by atoms with Crippen LogP contribution in [0.15, 0.2) is 0 Å². The topological polar surface area (TPSA) is 49.7 Å². The Balaban J connectivity index is 0.000000640. The molecule has 0 bridgehead atoms. The molecule has 0 atom stereocenters. The Kier molecular flexibility index (Phi) is 6.18. The van der Waals surface area contributed by atoms with E-state index in [1.807, 2.05) is 0 Å². The molecule has 1 aliphatic rings. The zero-order valence-electron chi connectivity index (χ0n) is 4.58. The molecular formula is C4H10BKO3. The van der Waals surface area contributed by atoms with Gasteiger partial charge < -0.3 is 14.7 Å². The van der Waals surface area contributed by atoms with E-state index in [-0.39, 0.29) is 57.5 Å². The molecule has 0 saturated heterocycles. The molecule has 0 heterocycles. The monoisotopic (exact) mass is 156 g/mol. The molecule has 0 aromatic carbocycles. The Bertz CT molecular complexity index is 76.2. The van der Waals surface area contributed by atoms with Crippen molar-refractivity contribution in [3.8, 4) is 0 Å². The van der Waals surface area contributed by atoms with Crippen LogP contribution in [0.1, 0.15) is 19.3 Å². The molecular weight excluding hydrogens is 146 g/mol. The Morgan fingerprint density at radius 2 is 1.89 bits per heavy atom. The second-order valence-electron chi connectivity index (χ2n) is 2.02. The van der Waals surface area contributed by atoms with Crippen molar-refractivity contribution in [2.24, 2.45) is 0 Å². The van der Waals surface area contributed by atoms with Crippen molar-refractivity contribution >= 4 is 58.7 Å². The first kappa shape index (κ1) is 10.6. The first-order valence-electron chi connectivity index (χ1n) is 2.80. The second kappa shape index (κ2) is 5.26. The number of hydrogen-bond donors (Lipinski definition) is 2. The molecule has 0 aliphatic heterocycles. The molecule has 2 N–H and O–H groups in total. The van der Waals surface area contributed by atoms with Gasteiger partial charge in [-0.3, -0.25) is 0 Å². The summed E-state index contributed by atoms with van der Waals surface area (Å²) in [6.45, 7) is 0. The molecule has 3 nitrogen and oxygen atoms in total. The number of rotatable bonds is 2. The summed E-state index contributed by atoms with van der Waals surface area (Å²) in [4.78, 5) is 0. The molecule has 9 heavy (non-hydrogen) atoms. The van der Waals surface area contributed by atoms with Crippen molar-refractivity contribution in [1.29, 1.82) is 0 Å². The fourth-order valence-corrected chi connectivity index (χ4v) is 0.679. The van der Waals surface area contributed by atoms with Crippen molar-refractivity contribution in [1.82, 2.24) is 0 Å². The van der Waals surface area contributed by atoms with Gasteiger partial charge in [0.1, 0.15) is 0 Å². The van der Waals surface area contributed by atoms with Gasteiger partial charge in [0.25, 0.3) is 0 Å². The molecule has 5 heteroatoms. The average molecular weight is 156 g/mol. The molecule has 0 aromatic rings. The zero-order chi connectivity index (χ0) is 5.98. The summed E-state index contributed by atoms with van der Waals surface area (Å²) in [5, 5.41) is 16.4. The molecule has 0 spiro atoms. The van der Waals surface area contributed by atoms with Gasteiger partial charge in [0.05, 0.1) is 0 Å². The van der Waals surface area contributed by atoms with Gasteiger partial charge in [0, 0.05) is 6.10 Å². The first-order chi connectivity index (χ1) is 3.79. The van der Waals surface area contributed by atoms with E-state index in [1.54, 1.807) is 0 Å². The predicted molar refractivity (Wildman–Crippen MR) is 36.1 cm³/mol. The van der Waals surface area contributed by atoms with Gasteiger partial charge >= 0.3 is 58.7 Å². The van der Waals surface area contributed by atoms with E-state index >= 15 is 0 Å². The maximum absolute atomic E-state index is 8.22. The van der Waals surface area contributed by atoms with Gasteiger partial charge in [-0.15, -0.1) is 0 Å². The summed E-state index contributed by atoms with van der Waals surface area (Å²) in [7, 11) is -1.57. The Labute approximate surface area is 97.4 Å². The van der Waals surface area contributed by atoms with E-state index in [0.717, 1.165) is 19.3 Å². The summed E-state index contributed by atoms with van der Waals surface area (Å²) in [6, 6.07) is 0. The predicted octanol–water partition coefficient (Wildman–Crippen LogP) is -1.12. The Morgan fingerprint density at radius 3 is 2.00 bits per heavy atom. The van der Waals surface area contributed by atoms with Crippen molar-refractivity contribution in [2.45, 2.75) is 25.4 Å². The van der Waals surface area contributed by atoms with E-state index in [9.17, 15) is 0 Å². The fraction of sp³-hybridized carbons (Fsp3) is 1.00. The van der Waals surface area contributed by atoms with Gasteiger partial charge in [-0.05, 0) is 19.3 Å². The van der Waals surface area contributed by atoms with E-state index in [2.05, 4.69) is 4.65 Å². The normalized spacial score (nSPS) is 18.0. The molecule has 1 rings (SSSR count). The third-order valence-electron chi connectivity index (χ3n) is 1.37. The van der Waals surface area contributed by atoms with Crippen molar-refractivity contribution in [3.63, 3.8) is 0 Å². The van der Waals surface area contributed by atoms with E-state index in [4.69, 9.17) is 10.0 Å². The second-order valence-corrected chi connectivity index (χ2v) is 2.02. The van der Waals surface area contributed by atoms with Crippen molar-refractivity contribution in [2.75, 3.05) is 0 Å². The zero-order valence-corrected chi connectivity index (χ0v) is 4.58. The summed E-state index contributed by atoms with van der Waals surface area (Å²) >= 11 is 0. The fourth-order valence-electron chi connectivity index (χ4n) is 0.679. The van der Waals surface area contributed by atoms with Gasteiger partial charge in [0.15, 0.2) is 0 Å². The van der Waals surface area contributed by atoms with Crippen LogP contribution in [0.3, 0.4) is 0 Å². The number of hydrogen-bond acceptors (Lipinski definition) is 3. The van der Waals surface area contributed by atoms with Gasteiger partial charge in [-0.1, -0.05) is 0 Å². The molecule has 1 saturated carbocycles. The van der Waals surface area contributed by atoms with Crippen LogP contribution in [0.5, 0.6) is 0 Å². The summed E-state index contributed by atoms with van der Waals surface area (Å²) in [5.74, 6) is 0. The minimum absolute atomic E-state index is 0. The average Bonchev–Trinajstić information content (AvgIpc) is 1.55. The van der Waals surface area contributed by atoms with Crippen molar-refractivity contribution in [3.05, 3.63) is 0 Å². The van der Waals surface area contributed by atoms with Gasteiger partial charge in [0.2, 0.25) is 0 Å². The minimum atomic E-state index is -1.57. The van der Waals surface area contributed by atoms with Crippen molar-refractivity contribution < 1.29 is 14.7 Å². The van der Waals surface area contributed by atoms with Crippen LogP contribution in [0.4, 0.5) is 0 Å². The van der Waals surface area contributed by atoms with E-state index < -0.39 is 7.32 Å². The first-order valence-corrected chi connectivity index (χ1v) is 2.80. The van der Waals surface area contributed by atoms with Crippen LogP contribution in [0, 0.1) is 0 Å². The molecule has 0 unspecified atom stereocenters. The third-order valence-corrected chi connectivity index (χ3v) is 1.37.